The molecule has 1 N–H and O–H groups in total. The van der Waals surface area contributed by atoms with E-state index in [1.807, 2.05) is 0 Å². The van der Waals surface area contributed by atoms with E-state index in [-0.39, 0.29) is 0 Å². The summed E-state index contributed by atoms with van der Waals surface area (Å²) in [6, 6.07) is 0. The van der Waals surface area contributed by atoms with Crippen LogP contribution in [0.25, 0.3) is 0 Å². The molecule has 1 unspecified atom stereocenters. The fourth-order valence-corrected chi connectivity index (χ4v) is 2.83. The number of hydrogen-bond acceptors (Lipinski definition) is 2. The number of amides is 1. The predicted octanol–water partition coefficient (Wildman–Crippen LogP) is 1.73. The van der Waals surface area contributed by atoms with Gasteiger partial charge in [0.25, 0.3) is 0 Å². The quantitative estimate of drug-likeness (QED) is 0.769. The number of carbonyl (C=O) groups excluding carboxylic acids is 1. The Hall–Kier alpha value is -0.570. The smallest absolute Gasteiger partial charge is 0.237 e. The molecule has 0 radical (unpaired) electrons. The van der Waals surface area contributed by atoms with Gasteiger partial charge in [-0.2, -0.15) is 0 Å². The molecular weight excluding hydrogens is 188 g/mol. The molecular formula is C12H22N2O. The largest absolute Gasteiger partial charge is 0.326 e. The van der Waals surface area contributed by atoms with Crippen molar-refractivity contribution in [2.75, 3.05) is 13.1 Å². The van der Waals surface area contributed by atoms with Crippen LogP contribution in [-0.2, 0) is 4.79 Å². The molecule has 15 heavy (non-hydrogen) atoms. The van der Waals surface area contributed by atoms with Gasteiger partial charge in [-0.1, -0.05) is 26.2 Å². The second-order valence-corrected chi connectivity index (χ2v) is 4.86. The summed E-state index contributed by atoms with van der Waals surface area (Å²) in [4.78, 5) is 13.7. The van der Waals surface area contributed by atoms with Gasteiger partial charge in [-0.3, -0.25) is 10.1 Å². The van der Waals surface area contributed by atoms with Gasteiger partial charge in [0.15, 0.2) is 0 Å². The molecule has 1 saturated carbocycles. The van der Waals surface area contributed by atoms with Gasteiger partial charge in [-0.15, -0.1) is 0 Å². The first-order valence-electron chi connectivity index (χ1n) is 6.34. The Labute approximate surface area is 92.2 Å². The Morgan fingerprint density at radius 1 is 1.33 bits per heavy atom. The molecule has 1 heterocycles. The zero-order chi connectivity index (χ0) is 10.7. The summed E-state index contributed by atoms with van der Waals surface area (Å²) >= 11 is 0. The Morgan fingerprint density at radius 2 is 2.07 bits per heavy atom. The molecule has 2 rings (SSSR count). The first-order chi connectivity index (χ1) is 7.31. The van der Waals surface area contributed by atoms with E-state index in [9.17, 15) is 4.79 Å². The molecule has 1 amide bonds. The van der Waals surface area contributed by atoms with E-state index in [1.54, 1.807) is 0 Å². The summed E-state index contributed by atoms with van der Waals surface area (Å²) in [6.45, 7) is 3.68. The Morgan fingerprint density at radius 3 is 2.73 bits per heavy atom. The molecule has 1 saturated heterocycles. The molecule has 2 fully saturated rings. The average molecular weight is 210 g/mol. The molecule has 0 aromatic rings. The topological polar surface area (TPSA) is 32.3 Å². The lowest BCUT2D eigenvalue weighted by molar-refractivity contribution is -0.128. The maximum absolute atomic E-state index is 11.7. The van der Waals surface area contributed by atoms with E-state index in [1.165, 1.54) is 32.1 Å². The highest BCUT2D eigenvalue weighted by atomic mass is 16.2. The third kappa shape index (κ3) is 2.51. The number of hydrogen-bond donors (Lipinski definition) is 1. The Bertz CT molecular complexity index is 224. The van der Waals surface area contributed by atoms with E-state index in [0.29, 0.717) is 18.6 Å². The van der Waals surface area contributed by atoms with E-state index in [2.05, 4.69) is 17.1 Å². The third-order valence-electron chi connectivity index (χ3n) is 3.75. The summed E-state index contributed by atoms with van der Waals surface area (Å²) in [5.41, 5.74) is 0. The van der Waals surface area contributed by atoms with Gasteiger partial charge in [0.05, 0.1) is 12.7 Å². The molecule has 0 bridgehead atoms. The standard InChI is InChI=1S/C12H22N2O/c1-2-11-13-8-12(15)14(11)9-10-6-4-3-5-7-10/h10-11,13H,2-9H2,1H3. The molecule has 1 aliphatic carbocycles. The van der Waals surface area contributed by atoms with Gasteiger partial charge in [0, 0.05) is 6.54 Å². The van der Waals surface area contributed by atoms with Crippen LogP contribution in [0.1, 0.15) is 45.4 Å². The number of carbonyl (C=O) groups is 1. The van der Waals surface area contributed by atoms with Crippen molar-refractivity contribution in [1.82, 2.24) is 10.2 Å². The van der Waals surface area contributed by atoms with E-state index in [0.717, 1.165) is 18.9 Å². The summed E-state index contributed by atoms with van der Waals surface area (Å²) in [5.74, 6) is 1.06. The maximum atomic E-state index is 11.7. The number of nitrogens with one attached hydrogen (secondary N) is 1. The highest BCUT2D eigenvalue weighted by Crippen LogP contribution is 2.25. The summed E-state index contributed by atoms with van der Waals surface area (Å²) in [6.07, 6.45) is 8.08. The molecule has 3 nitrogen and oxygen atoms in total. The minimum absolute atomic E-state index is 0.299. The van der Waals surface area contributed by atoms with Gasteiger partial charge >= 0.3 is 0 Å². The highest BCUT2D eigenvalue weighted by Gasteiger charge is 2.30. The van der Waals surface area contributed by atoms with Crippen LogP contribution in [0, 0.1) is 5.92 Å². The van der Waals surface area contributed by atoms with Crippen LogP contribution in [0.4, 0.5) is 0 Å². The zero-order valence-electron chi connectivity index (χ0n) is 9.67. The maximum Gasteiger partial charge on any atom is 0.237 e. The first kappa shape index (κ1) is 10.9. The van der Waals surface area contributed by atoms with Crippen molar-refractivity contribution in [1.29, 1.82) is 0 Å². The second-order valence-electron chi connectivity index (χ2n) is 4.86. The zero-order valence-corrected chi connectivity index (χ0v) is 9.67. The summed E-state index contributed by atoms with van der Waals surface area (Å²) in [7, 11) is 0. The molecule has 3 heteroatoms. The van der Waals surface area contributed by atoms with Crippen molar-refractivity contribution in [2.45, 2.75) is 51.6 Å². The van der Waals surface area contributed by atoms with Crippen molar-refractivity contribution in [3.05, 3.63) is 0 Å². The van der Waals surface area contributed by atoms with Crippen molar-refractivity contribution >= 4 is 5.91 Å². The Kier molecular flexibility index (Phi) is 3.62. The van der Waals surface area contributed by atoms with E-state index < -0.39 is 0 Å². The van der Waals surface area contributed by atoms with Crippen LogP contribution in [0.15, 0.2) is 0 Å². The van der Waals surface area contributed by atoms with Crippen molar-refractivity contribution in [2.24, 2.45) is 5.92 Å². The van der Waals surface area contributed by atoms with Crippen molar-refractivity contribution in [3.63, 3.8) is 0 Å². The van der Waals surface area contributed by atoms with E-state index >= 15 is 0 Å². The molecule has 1 aliphatic heterocycles. The second kappa shape index (κ2) is 4.97. The van der Waals surface area contributed by atoms with Gasteiger partial charge in [0.2, 0.25) is 5.91 Å². The lowest BCUT2D eigenvalue weighted by Gasteiger charge is -2.30. The lowest BCUT2D eigenvalue weighted by Crippen LogP contribution is -2.40. The SMILES string of the molecule is CCC1NCC(=O)N1CC1CCCCC1. The molecule has 0 aromatic heterocycles. The lowest BCUT2D eigenvalue weighted by atomic mass is 9.89. The van der Waals surface area contributed by atoms with Crippen LogP contribution >= 0.6 is 0 Å². The molecule has 1 atom stereocenters. The average Bonchev–Trinajstić information content (AvgIpc) is 2.62. The minimum atomic E-state index is 0.299. The molecule has 0 spiro atoms. The first-order valence-corrected chi connectivity index (χ1v) is 6.34. The van der Waals surface area contributed by atoms with Gasteiger partial charge in [-0.25, -0.2) is 0 Å². The highest BCUT2D eigenvalue weighted by molar-refractivity contribution is 5.80. The fraction of sp³-hybridized carbons (Fsp3) is 0.917. The van der Waals surface area contributed by atoms with E-state index in [4.69, 9.17) is 0 Å². The van der Waals surface area contributed by atoms with Gasteiger partial charge in [0.1, 0.15) is 0 Å². The number of nitrogens with zero attached hydrogens (tertiary/aromatic N) is 1. The van der Waals surface area contributed by atoms with Crippen LogP contribution in [-0.4, -0.2) is 30.1 Å². The van der Waals surface area contributed by atoms with Crippen LogP contribution in [0.3, 0.4) is 0 Å². The predicted molar refractivity (Wildman–Crippen MR) is 60.4 cm³/mol. The van der Waals surface area contributed by atoms with Crippen LogP contribution in [0.2, 0.25) is 0 Å². The minimum Gasteiger partial charge on any atom is -0.326 e. The third-order valence-corrected chi connectivity index (χ3v) is 3.75. The van der Waals surface area contributed by atoms with Crippen LogP contribution < -0.4 is 5.32 Å². The normalized spacial score (nSPS) is 28.7. The molecule has 0 aromatic carbocycles. The molecule has 2 aliphatic rings. The summed E-state index contributed by atoms with van der Waals surface area (Å²) in [5, 5.41) is 3.27. The Balaban J connectivity index is 1.88. The van der Waals surface area contributed by atoms with Crippen LogP contribution in [0.5, 0.6) is 0 Å². The molecule has 86 valence electrons. The fourth-order valence-electron chi connectivity index (χ4n) is 2.83. The van der Waals surface area contributed by atoms with Crippen molar-refractivity contribution in [3.8, 4) is 0 Å². The van der Waals surface area contributed by atoms with Gasteiger partial charge < -0.3 is 4.90 Å². The monoisotopic (exact) mass is 210 g/mol. The van der Waals surface area contributed by atoms with Gasteiger partial charge in [-0.05, 0) is 25.2 Å². The van der Waals surface area contributed by atoms with Crippen molar-refractivity contribution < 1.29 is 4.79 Å². The summed E-state index contributed by atoms with van der Waals surface area (Å²) < 4.78 is 0. The number of rotatable bonds is 3.